The van der Waals surface area contributed by atoms with Crippen LogP contribution in [0.4, 0.5) is 5.69 Å². The number of ether oxygens (including phenoxy) is 1. The summed E-state index contributed by atoms with van der Waals surface area (Å²) in [6.07, 6.45) is 0.507. The fourth-order valence-electron chi connectivity index (χ4n) is 1.49. The summed E-state index contributed by atoms with van der Waals surface area (Å²) >= 11 is 6.03. The molecule has 1 unspecified atom stereocenters. The number of halogens is 1. The highest BCUT2D eigenvalue weighted by atomic mass is 35.5. The zero-order valence-corrected chi connectivity index (χ0v) is 12.4. The zero-order valence-electron chi connectivity index (χ0n) is 11.6. The molecule has 0 aromatic heterocycles. The third-order valence-electron chi connectivity index (χ3n) is 3.22. The summed E-state index contributed by atoms with van der Waals surface area (Å²) in [6.45, 7) is 3.53. The smallest absolute Gasteiger partial charge is 0.256 e. The Morgan fingerprint density at radius 2 is 2.25 bits per heavy atom. The molecule has 1 atom stereocenters. The van der Waals surface area contributed by atoms with Crippen molar-refractivity contribution in [2.24, 2.45) is 10.9 Å². The number of hydrogen-bond donors (Lipinski definition) is 3. The number of nitrogens with zero attached hydrogens (tertiary/aromatic N) is 1. The van der Waals surface area contributed by atoms with Crippen LogP contribution < -0.4 is 11.1 Å². The number of nitrogens with one attached hydrogen (secondary N) is 1. The molecule has 0 heterocycles. The van der Waals surface area contributed by atoms with E-state index in [4.69, 9.17) is 27.3 Å². The topological polar surface area (TPSA) is 96.9 Å². The van der Waals surface area contributed by atoms with Gasteiger partial charge < -0.3 is 21.0 Å². The molecule has 0 spiro atoms. The van der Waals surface area contributed by atoms with Crippen molar-refractivity contribution in [3.8, 4) is 0 Å². The molecule has 0 bridgehead atoms. The lowest BCUT2D eigenvalue weighted by Crippen LogP contribution is -2.41. The van der Waals surface area contributed by atoms with Gasteiger partial charge in [-0.05, 0) is 31.5 Å². The van der Waals surface area contributed by atoms with Crippen molar-refractivity contribution in [3.63, 3.8) is 0 Å². The average molecular weight is 300 g/mol. The summed E-state index contributed by atoms with van der Waals surface area (Å²) in [5.41, 5.74) is 5.37. The molecule has 0 aliphatic heterocycles. The van der Waals surface area contributed by atoms with E-state index in [0.29, 0.717) is 22.7 Å². The average Bonchev–Trinajstić information content (AvgIpc) is 2.47. The van der Waals surface area contributed by atoms with Gasteiger partial charge in [-0.3, -0.25) is 4.79 Å². The van der Waals surface area contributed by atoms with E-state index in [2.05, 4.69) is 10.5 Å². The quantitative estimate of drug-likeness (QED) is 0.336. The minimum absolute atomic E-state index is 0.0674. The van der Waals surface area contributed by atoms with Gasteiger partial charge in [-0.2, -0.15) is 0 Å². The van der Waals surface area contributed by atoms with Gasteiger partial charge in [-0.25, -0.2) is 0 Å². The van der Waals surface area contributed by atoms with Crippen molar-refractivity contribution in [3.05, 3.63) is 28.8 Å². The molecule has 20 heavy (non-hydrogen) atoms. The van der Waals surface area contributed by atoms with Crippen molar-refractivity contribution in [2.45, 2.75) is 25.9 Å². The van der Waals surface area contributed by atoms with Gasteiger partial charge in [0.1, 0.15) is 5.60 Å². The number of anilines is 1. The van der Waals surface area contributed by atoms with Crippen LogP contribution in [0, 0.1) is 0 Å². The van der Waals surface area contributed by atoms with E-state index in [0.717, 1.165) is 0 Å². The third kappa shape index (κ3) is 3.40. The van der Waals surface area contributed by atoms with Crippen molar-refractivity contribution in [1.82, 2.24) is 0 Å². The fourth-order valence-corrected chi connectivity index (χ4v) is 1.66. The Kier molecular flexibility index (Phi) is 5.35. The van der Waals surface area contributed by atoms with Crippen LogP contribution in [-0.2, 0) is 9.53 Å². The Labute approximate surface area is 122 Å². The van der Waals surface area contributed by atoms with E-state index < -0.39 is 5.60 Å². The number of carbonyl (C=O) groups is 1. The first-order valence-electron chi connectivity index (χ1n) is 6.02. The van der Waals surface area contributed by atoms with Gasteiger partial charge in [0.25, 0.3) is 5.91 Å². The number of oxime groups is 1. The zero-order chi connectivity index (χ0) is 15.3. The van der Waals surface area contributed by atoms with Crippen LogP contribution in [0.3, 0.4) is 0 Å². The Morgan fingerprint density at radius 1 is 1.60 bits per heavy atom. The number of amidine groups is 1. The molecular formula is C13H18ClN3O3. The first-order chi connectivity index (χ1) is 9.37. The highest BCUT2D eigenvalue weighted by Gasteiger charge is 2.31. The molecular weight excluding hydrogens is 282 g/mol. The van der Waals surface area contributed by atoms with Gasteiger partial charge in [0.15, 0.2) is 5.84 Å². The summed E-state index contributed by atoms with van der Waals surface area (Å²) in [5.74, 6) is -0.386. The molecule has 1 aromatic rings. The van der Waals surface area contributed by atoms with Crippen molar-refractivity contribution >= 4 is 29.0 Å². The van der Waals surface area contributed by atoms with E-state index in [-0.39, 0.29) is 11.7 Å². The predicted octanol–water partition coefficient (Wildman–Crippen LogP) is 2.19. The molecule has 0 saturated heterocycles. The number of nitrogens with two attached hydrogens (primary N) is 1. The van der Waals surface area contributed by atoms with E-state index in [1.807, 2.05) is 6.92 Å². The maximum absolute atomic E-state index is 12.2. The molecule has 4 N–H and O–H groups in total. The van der Waals surface area contributed by atoms with Crippen molar-refractivity contribution < 1.29 is 14.7 Å². The Balaban J connectivity index is 3.06. The van der Waals surface area contributed by atoms with Gasteiger partial charge in [0.2, 0.25) is 0 Å². The maximum Gasteiger partial charge on any atom is 0.256 e. The van der Waals surface area contributed by atoms with E-state index in [1.165, 1.54) is 13.2 Å². The van der Waals surface area contributed by atoms with Gasteiger partial charge in [0, 0.05) is 12.7 Å². The van der Waals surface area contributed by atoms with Crippen LogP contribution in [0.1, 0.15) is 25.8 Å². The van der Waals surface area contributed by atoms with Crippen molar-refractivity contribution in [1.29, 1.82) is 0 Å². The van der Waals surface area contributed by atoms with Crippen LogP contribution in [0.5, 0.6) is 0 Å². The van der Waals surface area contributed by atoms with Crippen molar-refractivity contribution in [2.75, 3.05) is 12.4 Å². The molecule has 7 heteroatoms. The molecule has 6 nitrogen and oxygen atoms in total. The highest BCUT2D eigenvalue weighted by molar-refractivity contribution is 6.34. The van der Waals surface area contributed by atoms with Gasteiger partial charge in [-0.15, -0.1) is 0 Å². The SMILES string of the molecule is CCC(C)(OC)C(=O)Nc1cc(/C(N)=N/O)ccc1Cl. The summed E-state index contributed by atoms with van der Waals surface area (Å²) in [4.78, 5) is 12.2. The summed E-state index contributed by atoms with van der Waals surface area (Å²) in [5, 5.41) is 14.6. The third-order valence-corrected chi connectivity index (χ3v) is 3.55. The number of hydrogen-bond acceptors (Lipinski definition) is 4. The second-order valence-corrected chi connectivity index (χ2v) is 4.83. The lowest BCUT2D eigenvalue weighted by molar-refractivity contribution is -0.136. The largest absolute Gasteiger partial charge is 0.409 e. The highest BCUT2D eigenvalue weighted by Crippen LogP contribution is 2.25. The summed E-state index contributed by atoms with van der Waals surface area (Å²) in [6, 6.07) is 4.67. The van der Waals surface area contributed by atoms with Gasteiger partial charge in [0.05, 0.1) is 10.7 Å². The number of methoxy groups -OCH3 is 1. The Morgan fingerprint density at radius 3 is 2.75 bits per heavy atom. The molecule has 0 radical (unpaired) electrons. The lowest BCUT2D eigenvalue weighted by Gasteiger charge is -2.25. The van der Waals surface area contributed by atoms with E-state index in [9.17, 15) is 4.79 Å². The molecule has 0 fully saturated rings. The lowest BCUT2D eigenvalue weighted by atomic mass is 10.0. The standard InChI is InChI=1S/C13H18ClN3O3/c1-4-13(2,20-3)12(18)16-10-7-8(11(15)17-19)5-6-9(10)14/h5-7,19H,4H2,1-3H3,(H2,15,17)(H,16,18). The molecule has 110 valence electrons. The monoisotopic (exact) mass is 299 g/mol. The second kappa shape index (κ2) is 6.58. The number of rotatable bonds is 5. The second-order valence-electron chi connectivity index (χ2n) is 4.42. The first-order valence-corrected chi connectivity index (χ1v) is 6.39. The van der Waals surface area contributed by atoms with Gasteiger partial charge >= 0.3 is 0 Å². The van der Waals surface area contributed by atoms with Crippen LogP contribution in [0.15, 0.2) is 23.4 Å². The number of benzene rings is 1. The van der Waals surface area contributed by atoms with E-state index in [1.54, 1.807) is 19.1 Å². The van der Waals surface area contributed by atoms with Crippen LogP contribution >= 0.6 is 11.6 Å². The molecule has 0 aliphatic carbocycles. The van der Waals surface area contributed by atoms with Crippen LogP contribution in [0.2, 0.25) is 5.02 Å². The molecule has 1 aromatic carbocycles. The Bertz CT molecular complexity index is 528. The normalized spacial score (nSPS) is 14.7. The molecule has 1 rings (SSSR count). The minimum Gasteiger partial charge on any atom is -0.409 e. The summed E-state index contributed by atoms with van der Waals surface area (Å²) < 4.78 is 5.22. The fraction of sp³-hybridized carbons (Fsp3) is 0.385. The number of carbonyl (C=O) groups excluding carboxylic acids is 1. The van der Waals surface area contributed by atoms with E-state index >= 15 is 0 Å². The maximum atomic E-state index is 12.2. The minimum atomic E-state index is -0.948. The molecule has 0 saturated carbocycles. The molecule has 1 amide bonds. The molecule has 0 aliphatic rings. The predicted molar refractivity (Wildman–Crippen MR) is 78.3 cm³/mol. The van der Waals surface area contributed by atoms with Crippen LogP contribution in [0.25, 0.3) is 0 Å². The van der Waals surface area contributed by atoms with Gasteiger partial charge in [-0.1, -0.05) is 23.7 Å². The van der Waals surface area contributed by atoms with Crippen LogP contribution in [-0.4, -0.2) is 29.7 Å². The number of amides is 1. The first kappa shape index (κ1) is 16.3. The Hall–Kier alpha value is -1.79. The summed E-state index contributed by atoms with van der Waals surface area (Å²) in [7, 11) is 1.47.